The number of carboxylic acids is 1. The Morgan fingerprint density at radius 1 is 1.29 bits per heavy atom. The van der Waals surface area contributed by atoms with Crippen LogP contribution >= 0.6 is 0 Å². The van der Waals surface area contributed by atoms with Crippen LogP contribution in [0.4, 0.5) is 16.2 Å². The van der Waals surface area contributed by atoms with Crippen molar-refractivity contribution in [1.29, 1.82) is 0 Å². The third-order valence-electron chi connectivity index (χ3n) is 2.06. The lowest BCUT2D eigenvalue weighted by Gasteiger charge is -2.08. The summed E-state index contributed by atoms with van der Waals surface area (Å²) in [4.78, 5) is 21.6. The van der Waals surface area contributed by atoms with E-state index in [-0.39, 0.29) is 6.42 Å². The highest BCUT2D eigenvalue weighted by atomic mass is 16.4. The molecule has 6 heteroatoms. The fraction of sp³-hybridized carbons (Fsp3) is 0.273. The fourth-order valence-corrected chi connectivity index (χ4v) is 1.22. The number of hydrogen-bond acceptors (Lipinski definition) is 3. The minimum atomic E-state index is -0.875. The first-order chi connectivity index (χ1) is 8.09. The number of para-hydroxylation sites is 2. The molecule has 0 fully saturated rings. The molecule has 6 nitrogen and oxygen atoms in total. The van der Waals surface area contributed by atoms with Crippen LogP contribution in [-0.2, 0) is 4.79 Å². The molecular weight excluding hydrogens is 222 g/mol. The highest BCUT2D eigenvalue weighted by Gasteiger charge is 2.03. The highest BCUT2D eigenvalue weighted by molar-refractivity contribution is 5.92. The number of nitrogen functional groups attached to an aromatic ring is 1. The first kappa shape index (κ1) is 12.8. The van der Waals surface area contributed by atoms with E-state index in [1.165, 1.54) is 0 Å². The van der Waals surface area contributed by atoms with E-state index in [9.17, 15) is 9.59 Å². The number of carbonyl (C=O) groups excluding carboxylic acids is 1. The maximum atomic E-state index is 11.4. The van der Waals surface area contributed by atoms with Gasteiger partial charge in [-0.25, -0.2) is 4.79 Å². The zero-order valence-electron chi connectivity index (χ0n) is 9.27. The van der Waals surface area contributed by atoms with Crippen LogP contribution in [0.5, 0.6) is 0 Å². The smallest absolute Gasteiger partial charge is 0.319 e. The van der Waals surface area contributed by atoms with Gasteiger partial charge < -0.3 is 21.5 Å². The quantitative estimate of drug-likeness (QED) is 0.457. The van der Waals surface area contributed by atoms with Gasteiger partial charge in [0.2, 0.25) is 0 Å². The number of aliphatic carboxylic acids is 1. The van der Waals surface area contributed by atoms with Crippen LogP contribution in [0.3, 0.4) is 0 Å². The molecule has 1 aromatic carbocycles. The first-order valence-electron chi connectivity index (χ1n) is 5.20. The van der Waals surface area contributed by atoms with Crippen LogP contribution in [0.2, 0.25) is 0 Å². The van der Waals surface area contributed by atoms with E-state index in [1.54, 1.807) is 24.3 Å². The Morgan fingerprint density at radius 2 is 2.00 bits per heavy atom. The number of carboxylic acid groups (broad SMARTS) is 1. The third kappa shape index (κ3) is 4.87. The summed E-state index contributed by atoms with van der Waals surface area (Å²) in [6.45, 7) is 0.310. The molecule has 5 N–H and O–H groups in total. The van der Waals surface area contributed by atoms with Gasteiger partial charge in [-0.05, 0) is 18.6 Å². The molecule has 2 amide bonds. The Morgan fingerprint density at radius 3 is 2.65 bits per heavy atom. The standard InChI is InChI=1S/C11H15N3O3/c12-8-4-1-2-5-9(8)14-11(17)13-7-3-6-10(15)16/h1-2,4-5H,3,6-7,12H2,(H,15,16)(H2,13,14,17). The summed E-state index contributed by atoms with van der Waals surface area (Å²) in [6.07, 6.45) is 0.431. The minimum Gasteiger partial charge on any atom is -0.481 e. The van der Waals surface area contributed by atoms with Gasteiger partial charge in [0.05, 0.1) is 11.4 Å². The molecule has 0 bridgehead atoms. The number of urea groups is 1. The molecule has 0 aliphatic carbocycles. The van der Waals surface area contributed by atoms with Crippen LogP contribution in [0, 0.1) is 0 Å². The van der Waals surface area contributed by atoms with Crippen molar-refractivity contribution in [2.45, 2.75) is 12.8 Å². The Balaban J connectivity index is 2.30. The number of carbonyl (C=O) groups is 2. The van der Waals surface area contributed by atoms with E-state index < -0.39 is 12.0 Å². The molecule has 0 radical (unpaired) electrons. The number of rotatable bonds is 5. The summed E-state index contributed by atoms with van der Waals surface area (Å²) in [7, 11) is 0. The lowest BCUT2D eigenvalue weighted by molar-refractivity contribution is -0.137. The topological polar surface area (TPSA) is 104 Å². The maximum Gasteiger partial charge on any atom is 0.319 e. The minimum absolute atomic E-state index is 0.0355. The molecule has 0 saturated carbocycles. The molecular formula is C11H15N3O3. The molecule has 0 aromatic heterocycles. The van der Waals surface area contributed by atoms with Gasteiger partial charge in [0.1, 0.15) is 0 Å². The van der Waals surface area contributed by atoms with E-state index >= 15 is 0 Å². The van der Waals surface area contributed by atoms with Crippen LogP contribution in [0.1, 0.15) is 12.8 Å². The van der Waals surface area contributed by atoms with Crippen molar-refractivity contribution in [3.05, 3.63) is 24.3 Å². The van der Waals surface area contributed by atoms with Crippen molar-refractivity contribution in [2.75, 3.05) is 17.6 Å². The van der Waals surface area contributed by atoms with Crippen LogP contribution in [-0.4, -0.2) is 23.7 Å². The van der Waals surface area contributed by atoms with Crippen LogP contribution in [0.15, 0.2) is 24.3 Å². The van der Waals surface area contributed by atoms with Crippen molar-refractivity contribution in [1.82, 2.24) is 5.32 Å². The Hall–Kier alpha value is -2.24. The van der Waals surface area contributed by atoms with Crippen molar-refractivity contribution in [3.8, 4) is 0 Å². The Bertz CT molecular complexity index is 407. The summed E-state index contributed by atoms with van der Waals surface area (Å²) < 4.78 is 0. The Labute approximate surface area is 98.8 Å². The van der Waals surface area contributed by atoms with Gasteiger partial charge in [-0.3, -0.25) is 4.79 Å². The van der Waals surface area contributed by atoms with Gasteiger partial charge in [0.25, 0.3) is 0 Å². The van der Waals surface area contributed by atoms with Crippen LogP contribution in [0.25, 0.3) is 0 Å². The molecule has 92 valence electrons. The number of nitrogens with two attached hydrogens (primary N) is 1. The number of amides is 2. The predicted octanol–water partition coefficient (Wildman–Crippen LogP) is 1.26. The van der Waals surface area contributed by atoms with Gasteiger partial charge in [-0.2, -0.15) is 0 Å². The lowest BCUT2D eigenvalue weighted by atomic mass is 10.3. The average Bonchev–Trinajstić information content (AvgIpc) is 2.27. The molecule has 0 atom stereocenters. The molecule has 0 saturated heterocycles. The second kappa shape index (κ2) is 6.37. The van der Waals surface area contributed by atoms with Gasteiger partial charge >= 0.3 is 12.0 Å². The zero-order valence-corrected chi connectivity index (χ0v) is 9.27. The average molecular weight is 237 g/mol. The summed E-state index contributed by atoms with van der Waals surface area (Å²) in [6, 6.07) is 6.50. The summed E-state index contributed by atoms with van der Waals surface area (Å²) in [5, 5.41) is 13.5. The van der Waals surface area contributed by atoms with Gasteiger partial charge in [-0.1, -0.05) is 12.1 Å². The van der Waals surface area contributed by atoms with Crippen molar-refractivity contribution in [2.24, 2.45) is 0 Å². The number of anilines is 2. The molecule has 0 heterocycles. The first-order valence-corrected chi connectivity index (χ1v) is 5.20. The number of hydrogen-bond donors (Lipinski definition) is 4. The summed E-state index contributed by atoms with van der Waals surface area (Å²) in [5.41, 5.74) is 6.65. The fourth-order valence-electron chi connectivity index (χ4n) is 1.22. The molecule has 0 unspecified atom stereocenters. The SMILES string of the molecule is Nc1ccccc1NC(=O)NCCCC(=O)O. The molecule has 0 aliphatic heterocycles. The largest absolute Gasteiger partial charge is 0.481 e. The third-order valence-corrected chi connectivity index (χ3v) is 2.06. The van der Waals surface area contributed by atoms with E-state index in [2.05, 4.69) is 10.6 Å². The van der Waals surface area contributed by atoms with Crippen molar-refractivity contribution in [3.63, 3.8) is 0 Å². The monoisotopic (exact) mass is 237 g/mol. The zero-order chi connectivity index (χ0) is 12.7. The van der Waals surface area contributed by atoms with E-state index in [0.29, 0.717) is 24.3 Å². The molecule has 17 heavy (non-hydrogen) atoms. The maximum absolute atomic E-state index is 11.4. The van der Waals surface area contributed by atoms with E-state index in [1.807, 2.05) is 0 Å². The van der Waals surface area contributed by atoms with Gasteiger partial charge in [-0.15, -0.1) is 0 Å². The Kier molecular flexibility index (Phi) is 4.80. The summed E-state index contributed by atoms with van der Waals surface area (Å²) >= 11 is 0. The van der Waals surface area contributed by atoms with E-state index in [4.69, 9.17) is 10.8 Å². The van der Waals surface area contributed by atoms with Crippen LogP contribution < -0.4 is 16.4 Å². The molecule has 0 spiro atoms. The molecule has 1 rings (SSSR count). The van der Waals surface area contributed by atoms with Gasteiger partial charge in [0, 0.05) is 13.0 Å². The lowest BCUT2D eigenvalue weighted by Crippen LogP contribution is -2.30. The predicted molar refractivity (Wildman–Crippen MR) is 64.7 cm³/mol. The van der Waals surface area contributed by atoms with Crippen molar-refractivity contribution < 1.29 is 14.7 Å². The highest BCUT2D eigenvalue weighted by Crippen LogP contribution is 2.16. The second-order valence-electron chi connectivity index (χ2n) is 3.47. The second-order valence-corrected chi connectivity index (χ2v) is 3.47. The molecule has 0 aliphatic rings. The van der Waals surface area contributed by atoms with Crippen molar-refractivity contribution >= 4 is 23.4 Å². The van der Waals surface area contributed by atoms with Gasteiger partial charge in [0.15, 0.2) is 0 Å². The number of nitrogens with one attached hydrogen (secondary N) is 2. The normalized spacial score (nSPS) is 9.65. The summed E-state index contributed by atoms with van der Waals surface area (Å²) in [5.74, 6) is -0.875. The molecule has 1 aromatic rings. The number of benzene rings is 1. The van der Waals surface area contributed by atoms with E-state index in [0.717, 1.165) is 0 Å².